The summed E-state index contributed by atoms with van der Waals surface area (Å²) in [6.07, 6.45) is 0.222. The Morgan fingerprint density at radius 1 is 1.60 bits per heavy atom. The van der Waals surface area contributed by atoms with Crippen molar-refractivity contribution in [3.05, 3.63) is 0 Å². The third kappa shape index (κ3) is 28.3. The van der Waals surface area contributed by atoms with Crippen LogP contribution >= 0.6 is 0 Å². The fourth-order valence-electron chi connectivity index (χ4n) is 0.0680. The summed E-state index contributed by atoms with van der Waals surface area (Å²) >= 11 is 0. The van der Waals surface area contributed by atoms with Crippen LogP contribution in [0.25, 0.3) is 0 Å². The second kappa shape index (κ2) is 10.8. The highest BCUT2D eigenvalue weighted by Crippen LogP contribution is 1.67. The molecular weight excluding hydrogens is 136 g/mol. The molecule has 0 heterocycles. The average molecular weight is 148 g/mol. The lowest BCUT2D eigenvalue weighted by molar-refractivity contribution is -0.136. The molecule has 10 heavy (non-hydrogen) atoms. The second-order valence-electron chi connectivity index (χ2n) is 1.30. The summed E-state index contributed by atoms with van der Waals surface area (Å²) in [4.78, 5) is 18.6. The Hall–Kier alpha value is -1.06. The Labute approximate surface area is 59.8 Å². The van der Waals surface area contributed by atoms with Crippen LogP contribution in [-0.4, -0.2) is 24.2 Å². The monoisotopic (exact) mass is 148 g/mol. The summed E-state index contributed by atoms with van der Waals surface area (Å²) in [5.74, 6) is -0.745. The van der Waals surface area contributed by atoms with E-state index < -0.39 is 5.97 Å². The number of rotatable bonds is 3. The molecule has 4 nitrogen and oxygen atoms in total. The molecule has 0 aromatic heterocycles. The summed E-state index contributed by atoms with van der Waals surface area (Å²) in [5, 5.41) is 7.72. The first-order valence-electron chi connectivity index (χ1n) is 2.96. The smallest absolute Gasteiger partial charge is 0.303 e. The lowest BCUT2D eigenvalue weighted by atomic mass is 10.5. The first kappa shape index (κ1) is 11.7. The van der Waals surface area contributed by atoms with Gasteiger partial charge in [-0.2, -0.15) is 0 Å². The van der Waals surface area contributed by atoms with Gasteiger partial charge in [-0.3, -0.25) is 9.59 Å². The molecule has 0 aliphatic rings. The third-order valence-corrected chi connectivity index (χ3v) is 0.537. The molecule has 0 fully saturated rings. The van der Waals surface area contributed by atoms with Crippen LogP contribution in [-0.2, 0) is 14.3 Å². The van der Waals surface area contributed by atoms with Crippen LogP contribution in [0.2, 0.25) is 0 Å². The van der Waals surface area contributed by atoms with Gasteiger partial charge in [0, 0.05) is 6.42 Å². The first-order chi connectivity index (χ1) is 4.68. The fraction of sp³-hybridized carbons (Fsp3) is 0.667. The van der Waals surface area contributed by atoms with Gasteiger partial charge in [0.1, 0.15) is 0 Å². The molecule has 0 bridgehead atoms. The quantitative estimate of drug-likeness (QED) is 0.597. The summed E-state index contributed by atoms with van der Waals surface area (Å²) in [6.45, 7) is 4.26. The van der Waals surface area contributed by atoms with Gasteiger partial charge >= 0.3 is 5.97 Å². The number of aliphatic carboxylic acids is 1. The van der Waals surface area contributed by atoms with Crippen LogP contribution in [0.15, 0.2) is 0 Å². The van der Waals surface area contributed by atoms with E-state index in [0.717, 1.165) is 0 Å². The Morgan fingerprint density at radius 3 is 2.00 bits per heavy atom. The number of carboxylic acid groups (broad SMARTS) is 1. The van der Waals surface area contributed by atoms with Gasteiger partial charge < -0.3 is 9.84 Å². The molecule has 0 aliphatic heterocycles. The number of carbonyl (C=O) groups is 2. The maximum absolute atomic E-state index is 9.37. The van der Waals surface area contributed by atoms with Gasteiger partial charge in [-0.15, -0.1) is 0 Å². The Kier molecular flexibility index (Phi) is 12.7. The first-order valence-corrected chi connectivity index (χ1v) is 2.96. The molecule has 0 spiro atoms. The van der Waals surface area contributed by atoms with E-state index in [1.807, 2.05) is 0 Å². The van der Waals surface area contributed by atoms with E-state index in [2.05, 4.69) is 4.74 Å². The molecule has 1 N–H and O–H groups in total. The summed E-state index contributed by atoms with van der Waals surface area (Å²) in [7, 11) is 0. The average Bonchev–Trinajstić information content (AvgIpc) is 1.91. The molecule has 0 amide bonds. The lowest BCUT2D eigenvalue weighted by Crippen LogP contribution is -1.86. The van der Waals surface area contributed by atoms with Crippen LogP contribution in [0.3, 0.4) is 0 Å². The van der Waals surface area contributed by atoms with Gasteiger partial charge in [-0.05, 0) is 6.92 Å². The van der Waals surface area contributed by atoms with Crippen LogP contribution in [0.1, 0.15) is 20.3 Å². The number of hydrogen-bond acceptors (Lipinski definition) is 3. The van der Waals surface area contributed by atoms with E-state index in [1.165, 1.54) is 0 Å². The molecule has 0 unspecified atom stereocenters. The molecule has 60 valence electrons. The normalized spacial score (nSPS) is 7.00. The van der Waals surface area contributed by atoms with Crippen LogP contribution < -0.4 is 0 Å². The minimum atomic E-state index is -0.745. The molecule has 0 atom stereocenters. The number of ether oxygens (including phenoxy) is 1. The zero-order valence-corrected chi connectivity index (χ0v) is 6.16. The molecule has 4 heteroatoms. The highest BCUT2D eigenvalue weighted by atomic mass is 16.5. The van der Waals surface area contributed by atoms with E-state index in [1.54, 1.807) is 13.8 Å². The molecule has 0 aromatic rings. The molecule has 0 saturated carbocycles. The van der Waals surface area contributed by atoms with E-state index in [4.69, 9.17) is 5.11 Å². The minimum absolute atomic E-state index is 0.222. The molecule has 0 aromatic carbocycles. The van der Waals surface area contributed by atoms with Gasteiger partial charge in [-0.1, -0.05) is 6.92 Å². The van der Waals surface area contributed by atoms with Gasteiger partial charge in [-0.25, -0.2) is 0 Å². The van der Waals surface area contributed by atoms with Crippen molar-refractivity contribution in [1.29, 1.82) is 0 Å². The molecule has 0 radical (unpaired) electrons. The number of carbonyl (C=O) groups excluding carboxylic acids is 1. The van der Waals surface area contributed by atoms with Crippen molar-refractivity contribution in [3.8, 4) is 0 Å². The van der Waals surface area contributed by atoms with Crippen molar-refractivity contribution < 1.29 is 19.4 Å². The van der Waals surface area contributed by atoms with Crippen molar-refractivity contribution in [3.63, 3.8) is 0 Å². The maximum atomic E-state index is 9.37. The van der Waals surface area contributed by atoms with Gasteiger partial charge in [0.15, 0.2) is 0 Å². The second-order valence-corrected chi connectivity index (χ2v) is 1.30. The Bertz CT molecular complexity index is 89.7. The molecule has 0 rings (SSSR count). The van der Waals surface area contributed by atoms with Crippen LogP contribution in [0.4, 0.5) is 0 Å². The third-order valence-electron chi connectivity index (χ3n) is 0.537. The van der Waals surface area contributed by atoms with Crippen molar-refractivity contribution in [2.75, 3.05) is 6.61 Å². The Balaban J connectivity index is 0. The molecule has 0 aliphatic carbocycles. The predicted molar refractivity (Wildman–Crippen MR) is 35.6 cm³/mol. The standard InChI is InChI=1S/2C3H6O2/c1-2-5-3-4;1-2-3(4)5/h3H,2H2,1H3;2H2,1H3,(H,4,5). The van der Waals surface area contributed by atoms with Crippen molar-refractivity contribution >= 4 is 12.4 Å². The minimum Gasteiger partial charge on any atom is -0.481 e. The van der Waals surface area contributed by atoms with Gasteiger partial charge in [0.2, 0.25) is 0 Å². The van der Waals surface area contributed by atoms with Crippen molar-refractivity contribution in [2.24, 2.45) is 0 Å². The maximum Gasteiger partial charge on any atom is 0.303 e. The number of carboxylic acids is 1. The van der Waals surface area contributed by atoms with E-state index in [0.29, 0.717) is 13.1 Å². The fourth-order valence-corrected chi connectivity index (χ4v) is 0.0680. The zero-order valence-electron chi connectivity index (χ0n) is 6.16. The lowest BCUT2D eigenvalue weighted by Gasteiger charge is -1.79. The van der Waals surface area contributed by atoms with Crippen LogP contribution in [0.5, 0.6) is 0 Å². The van der Waals surface area contributed by atoms with Crippen LogP contribution in [0, 0.1) is 0 Å². The molecular formula is C6H12O4. The van der Waals surface area contributed by atoms with Crippen molar-refractivity contribution in [2.45, 2.75) is 20.3 Å². The summed E-state index contributed by atoms with van der Waals surface area (Å²) in [5.41, 5.74) is 0. The Morgan fingerprint density at radius 2 is 2.00 bits per heavy atom. The van der Waals surface area contributed by atoms with Crippen molar-refractivity contribution in [1.82, 2.24) is 0 Å². The highest BCUT2D eigenvalue weighted by molar-refractivity contribution is 5.66. The number of hydrogen-bond donors (Lipinski definition) is 1. The predicted octanol–water partition coefficient (Wildman–Crippen LogP) is 0.660. The largest absolute Gasteiger partial charge is 0.481 e. The van der Waals surface area contributed by atoms with E-state index >= 15 is 0 Å². The summed E-state index contributed by atoms with van der Waals surface area (Å²) in [6, 6.07) is 0. The SMILES string of the molecule is CCC(=O)O.CCOC=O. The highest BCUT2D eigenvalue weighted by Gasteiger charge is 1.80. The van der Waals surface area contributed by atoms with E-state index in [-0.39, 0.29) is 6.42 Å². The summed E-state index contributed by atoms with van der Waals surface area (Å²) < 4.78 is 4.15. The van der Waals surface area contributed by atoms with Gasteiger partial charge in [0.25, 0.3) is 6.47 Å². The topological polar surface area (TPSA) is 63.6 Å². The van der Waals surface area contributed by atoms with Gasteiger partial charge in [0.05, 0.1) is 6.61 Å². The van der Waals surface area contributed by atoms with E-state index in [9.17, 15) is 9.59 Å². The molecule has 0 saturated heterocycles. The zero-order chi connectivity index (χ0) is 8.41.